The molecule has 0 saturated heterocycles. The molecule has 2 N–H and O–H groups in total. The van der Waals surface area contributed by atoms with Gasteiger partial charge in [0, 0.05) is 88.3 Å². The molecule has 394 valence electrons. The summed E-state index contributed by atoms with van der Waals surface area (Å²) in [6.07, 6.45) is 0. The normalized spacial score (nSPS) is 12.0. The van der Waals surface area contributed by atoms with Gasteiger partial charge in [-0.3, -0.25) is 0 Å². The van der Waals surface area contributed by atoms with Gasteiger partial charge in [-0.25, -0.2) is 47.5 Å². The lowest BCUT2D eigenvalue weighted by Crippen LogP contribution is -1.93. The van der Waals surface area contributed by atoms with Crippen molar-refractivity contribution in [3.8, 4) is 90.1 Å². The van der Waals surface area contributed by atoms with Crippen LogP contribution in [0, 0.1) is 23.3 Å². The maximum atomic E-state index is 16.7. The molecule has 8 bridgehead atoms. The van der Waals surface area contributed by atoms with Gasteiger partial charge in [0.1, 0.15) is 45.9 Å². The van der Waals surface area contributed by atoms with Gasteiger partial charge in [-0.15, -0.1) is 0 Å². The summed E-state index contributed by atoms with van der Waals surface area (Å²) in [5.74, 6) is -0.926. The van der Waals surface area contributed by atoms with E-state index in [1.165, 1.54) is 24.3 Å². The summed E-state index contributed by atoms with van der Waals surface area (Å²) >= 11 is 0. The highest BCUT2D eigenvalue weighted by Crippen LogP contribution is 2.51. The van der Waals surface area contributed by atoms with Gasteiger partial charge in [-0.2, -0.15) is 0 Å². The molecule has 0 fully saturated rings. The Labute approximate surface area is 474 Å². The molecule has 0 aliphatic carbocycles. The molecule has 84 heavy (non-hydrogen) atoms. The van der Waals surface area contributed by atoms with Crippen molar-refractivity contribution < 1.29 is 17.6 Å². The van der Waals surface area contributed by atoms with Crippen molar-refractivity contribution in [3.63, 3.8) is 0 Å². The van der Waals surface area contributed by atoms with E-state index in [0.717, 1.165) is 43.1 Å². The van der Waals surface area contributed by atoms with Crippen LogP contribution >= 0.6 is 0 Å². The zero-order chi connectivity index (χ0) is 55.9. The monoisotopic (exact) mass is 1090 g/mol. The second-order valence-electron chi connectivity index (χ2n) is 21.1. The number of nitrogens with zero attached hydrogens (tertiary/aromatic N) is 6. The highest BCUT2D eigenvalue weighted by atomic mass is 19.1. The van der Waals surface area contributed by atoms with E-state index >= 15 is 17.6 Å². The van der Waals surface area contributed by atoms with Gasteiger partial charge >= 0.3 is 0 Å². The van der Waals surface area contributed by atoms with Crippen molar-refractivity contribution in [2.75, 3.05) is 0 Å². The Hall–Kier alpha value is -11.2. The zero-order valence-corrected chi connectivity index (χ0v) is 44.0. The number of aromatic nitrogens is 8. The molecule has 0 saturated carbocycles. The predicted molar refractivity (Wildman–Crippen MR) is 328 cm³/mol. The maximum Gasteiger partial charge on any atom is 0.165 e. The lowest BCUT2D eigenvalue weighted by molar-refractivity contribution is 0.631. The van der Waals surface area contributed by atoms with Crippen molar-refractivity contribution in [1.82, 2.24) is 39.9 Å². The lowest BCUT2D eigenvalue weighted by Gasteiger charge is -2.14. The summed E-state index contributed by atoms with van der Waals surface area (Å²) in [5.41, 5.74) is 6.89. The number of fused-ring (bicyclic) bond motifs is 24. The van der Waals surface area contributed by atoms with Crippen LogP contribution in [0.15, 0.2) is 218 Å². The lowest BCUT2D eigenvalue weighted by atomic mass is 9.89. The first kappa shape index (κ1) is 47.6. The van der Waals surface area contributed by atoms with E-state index in [4.69, 9.17) is 29.9 Å². The summed E-state index contributed by atoms with van der Waals surface area (Å²) in [5, 5.41) is 8.46. The van der Waals surface area contributed by atoms with Gasteiger partial charge in [0.25, 0.3) is 0 Å². The molecule has 12 aromatic carbocycles. The molecule has 0 spiro atoms. The molecule has 0 atom stereocenters. The number of aromatic amines is 2. The molecule has 17 rings (SSSR count). The van der Waals surface area contributed by atoms with Crippen LogP contribution in [-0.2, 0) is 0 Å². The van der Waals surface area contributed by atoms with Crippen molar-refractivity contribution in [1.29, 1.82) is 0 Å². The maximum absolute atomic E-state index is 16.7. The van der Waals surface area contributed by atoms with Gasteiger partial charge in [0.2, 0.25) is 0 Å². The molecule has 0 radical (unpaired) electrons. The van der Waals surface area contributed by atoms with E-state index in [2.05, 4.69) is 9.97 Å². The zero-order valence-electron chi connectivity index (χ0n) is 44.0. The topological polar surface area (TPSA) is 109 Å². The molecule has 5 heterocycles. The van der Waals surface area contributed by atoms with Gasteiger partial charge in [0.05, 0.1) is 0 Å². The van der Waals surface area contributed by atoms with Crippen molar-refractivity contribution in [3.05, 3.63) is 242 Å². The van der Waals surface area contributed by atoms with Crippen LogP contribution in [0.3, 0.4) is 0 Å². The average Bonchev–Trinajstić information content (AvgIpc) is 1.73. The molecule has 2 aliphatic rings. The van der Waals surface area contributed by atoms with Gasteiger partial charge in [0.15, 0.2) is 23.3 Å². The Morgan fingerprint density at radius 3 is 0.869 bits per heavy atom. The fraction of sp³-hybridized carbons (Fsp3) is 0. The minimum atomic E-state index is -0.450. The molecule has 3 aromatic heterocycles. The second kappa shape index (κ2) is 18.1. The minimum absolute atomic E-state index is 0.205. The molecular weight excluding hydrogens is 1050 g/mol. The summed E-state index contributed by atoms with van der Waals surface area (Å²) in [4.78, 5) is 40.0. The highest BCUT2D eigenvalue weighted by Gasteiger charge is 2.31. The number of benzene rings is 12. The first-order chi connectivity index (χ1) is 41.3. The van der Waals surface area contributed by atoms with E-state index in [1.807, 2.05) is 121 Å². The fourth-order valence-electron chi connectivity index (χ4n) is 12.9. The van der Waals surface area contributed by atoms with Crippen LogP contribution in [-0.4, -0.2) is 39.9 Å². The number of hydrogen-bond donors (Lipinski definition) is 2. The van der Waals surface area contributed by atoms with Gasteiger partial charge < -0.3 is 9.97 Å². The third-order valence-corrected chi connectivity index (χ3v) is 16.5. The molecule has 0 amide bonds. The smallest absolute Gasteiger partial charge is 0.165 e. The third-order valence-electron chi connectivity index (χ3n) is 16.5. The summed E-state index contributed by atoms with van der Waals surface area (Å²) in [6.45, 7) is 0. The van der Waals surface area contributed by atoms with Crippen LogP contribution in [0.1, 0.15) is 0 Å². The highest BCUT2D eigenvalue weighted by molar-refractivity contribution is 6.24. The van der Waals surface area contributed by atoms with Gasteiger partial charge in [-0.05, 0) is 91.6 Å². The van der Waals surface area contributed by atoms with Crippen LogP contribution in [0.2, 0.25) is 0 Å². The Balaban J connectivity index is 1.14. The number of halogens is 4. The predicted octanol–water partition coefficient (Wildman–Crippen LogP) is 18.7. The van der Waals surface area contributed by atoms with Crippen LogP contribution in [0.25, 0.3) is 177 Å². The van der Waals surface area contributed by atoms with E-state index in [0.29, 0.717) is 111 Å². The van der Waals surface area contributed by atoms with Crippen LogP contribution in [0.5, 0.6) is 0 Å². The van der Waals surface area contributed by atoms with E-state index < -0.39 is 23.3 Å². The Kier molecular flexibility index (Phi) is 10.3. The molecule has 12 heteroatoms. The SMILES string of the molecule is Fc1ccccc1-c1c2c(cc3ccccc13)-c1nc-2nc2[nH]c(nc3nc(nc4[nH]c(n1)c1c(-c5ccccc5F)c5ccccc5cc41)-c1c-3cc3ccccc3c1-c1ccccc1F)c1c(-c3ccccc3F)c3ccccc3cc21. The third kappa shape index (κ3) is 7.07. The first-order valence-corrected chi connectivity index (χ1v) is 27.4. The largest absolute Gasteiger partial charge is 0.324 e. The Morgan fingerprint density at radius 2 is 0.512 bits per heavy atom. The molecule has 0 unspecified atom stereocenters. The molecule has 8 nitrogen and oxygen atoms in total. The average molecular weight is 1090 g/mol. The van der Waals surface area contributed by atoms with E-state index in [1.54, 1.807) is 72.8 Å². The van der Waals surface area contributed by atoms with Crippen molar-refractivity contribution >= 4 is 87.2 Å². The fourth-order valence-corrected chi connectivity index (χ4v) is 12.9. The van der Waals surface area contributed by atoms with Crippen LogP contribution in [0.4, 0.5) is 17.6 Å². The van der Waals surface area contributed by atoms with Crippen molar-refractivity contribution in [2.24, 2.45) is 0 Å². The summed E-state index contributed by atoms with van der Waals surface area (Å²) in [7, 11) is 0. The second-order valence-corrected chi connectivity index (χ2v) is 21.1. The van der Waals surface area contributed by atoms with Crippen LogP contribution < -0.4 is 0 Å². The molecular formula is C72H38F4N8. The summed E-state index contributed by atoms with van der Waals surface area (Å²) in [6, 6.07) is 65.7. The Bertz CT molecular complexity index is 5250. The number of H-pyrrole nitrogens is 2. The van der Waals surface area contributed by atoms with Gasteiger partial charge in [-0.1, -0.05) is 170 Å². The Morgan fingerprint density at radius 1 is 0.226 bits per heavy atom. The summed E-state index contributed by atoms with van der Waals surface area (Å²) < 4.78 is 66.9. The molecule has 15 aromatic rings. The number of rotatable bonds is 4. The number of hydrogen-bond acceptors (Lipinski definition) is 6. The minimum Gasteiger partial charge on any atom is -0.324 e. The standard InChI is InChI=1S/C72H38F4N8/c73-53-29-13-9-25-45(53)57-41-21-5-1-17-37(41)33-49-61(57)69-77-65(49)81-70-62-50(34-38-18-2-6-22-42(38)58(62)46-26-10-14-30-54(46)74)67(78-70)83-72-64-52(36-40-20-4-8-24-44(40)60(64)48-28-12-16-32-56(48)76)68(80-72)84-71-63-51(66(79-71)82-69)35-39-19-3-7-23-43(39)59(63)47-27-11-15-31-55(47)75/h1-36H,(H2,77,78,79,80,81,82,83,84). The van der Waals surface area contributed by atoms with Crippen molar-refractivity contribution in [2.45, 2.75) is 0 Å². The number of nitrogens with one attached hydrogen (secondary N) is 2. The van der Waals surface area contributed by atoms with E-state index in [-0.39, 0.29) is 23.3 Å². The first-order valence-electron chi connectivity index (χ1n) is 27.4. The quantitative estimate of drug-likeness (QED) is 0.170. The van der Waals surface area contributed by atoms with E-state index in [9.17, 15) is 0 Å². The molecule has 2 aliphatic heterocycles.